The van der Waals surface area contributed by atoms with Crippen LogP contribution in [0.25, 0.3) is 0 Å². The van der Waals surface area contributed by atoms with Crippen LogP contribution in [0.1, 0.15) is 39.9 Å². The second-order valence-corrected chi connectivity index (χ2v) is 8.34. The molecule has 0 spiro atoms. The fourth-order valence-corrected chi connectivity index (χ4v) is 4.54. The molecular weight excluding hydrogens is 407 g/mol. The van der Waals surface area contributed by atoms with Gasteiger partial charge >= 0.3 is 12.1 Å². The summed E-state index contributed by atoms with van der Waals surface area (Å²) in [5.41, 5.74) is 1.44. The molecule has 1 heterocycles. The van der Waals surface area contributed by atoms with Crippen LogP contribution in [0.5, 0.6) is 0 Å². The van der Waals surface area contributed by atoms with Gasteiger partial charge in [0.2, 0.25) is 0 Å². The number of alkyl halides is 3. The Labute approximate surface area is 178 Å². The zero-order valence-corrected chi connectivity index (χ0v) is 16.8. The molecule has 2 aromatic rings. The van der Waals surface area contributed by atoms with Crippen LogP contribution in [0.2, 0.25) is 0 Å². The van der Waals surface area contributed by atoms with E-state index < -0.39 is 17.2 Å². The first-order valence-corrected chi connectivity index (χ1v) is 10.0. The number of allylic oxidation sites excluding steroid dienone is 1. The smallest absolute Gasteiger partial charge is 0.416 e. The number of halogens is 3. The number of carbonyl (C=O) groups is 2. The highest BCUT2D eigenvalue weighted by Crippen LogP contribution is 2.52. The number of fused-ring (bicyclic) bond motifs is 1. The molecule has 1 saturated carbocycles. The van der Waals surface area contributed by atoms with E-state index in [-0.39, 0.29) is 24.3 Å². The van der Waals surface area contributed by atoms with Gasteiger partial charge in [-0.1, -0.05) is 36.4 Å². The minimum absolute atomic E-state index is 0.0107. The third-order valence-electron chi connectivity index (χ3n) is 6.15. The van der Waals surface area contributed by atoms with Crippen molar-refractivity contribution in [2.75, 3.05) is 6.61 Å². The summed E-state index contributed by atoms with van der Waals surface area (Å²) >= 11 is 0. The highest BCUT2D eigenvalue weighted by Gasteiger charge is 2.55. The van der Waals surface area contributed by atoms with Gasteiger partial charge in [0, 0.05) is 18.0 Å². The monoisotopic (exact) mass is 429 g/mol. The van der Waals surface area contributed by atoms with Crippen molar-refractivity contribution in [3.05, 3.63) is 82.9 Å². The Balaban J connectivity index is 1.40. The lowest BCUT2D eigenvalue weighted by Gasteiger charge is -2.24. The third-order valence-corrected chi connectivity index (χ3v) is 6.15. The number of ether oxygens (including phenoxy) is 1. The minimum Gasteiger partial charge on any atom is -0.465 e. The van der Waals surface area contributed by atoms with Crippen LogP contribution in [0.4, 0.5) is 13.2 Å². The average molecular weight is 429 g/mol. The second kappa shape index (κ2) is 7.87. The van der Waals surface area contributed by atoms with Gasteiger partial charge in [0.15, 0.2) is 0 Å². The molecule has 4 rings (SSSR count). The van der Waals surface area contributed by atoms with Crippen LogP contribution in [0, 0.1) is 11.3 Å². The summed E-state index contributed by atoms with van der Waals surface area (Å²) in [6, 6.07) is 11.8. The van der Waals surface area contributed by atoms with Gasteiger partial charge in [0.25, 0.3) is 5.91 Å². The lowest BCUT2D eigenvalue weighted by molar-refractivity contribution is -0.146. The van der Waals surface area contributed by atoms with Gasteiger partial charge in [-0.05, 0) is 54.7 Å². The molecule has 162 valence electrons. The van der Waals surface area contributed by atoms with Gasteiger partial charge in [0.1, 0.15) is 0 Å². The number of nitrogens with one attached hydrogen (secondary N) is 1. The normalized spacial score (nSPS) is 22.9. The molecule has 1 saturated heterocycles. The van der Waals surface area contributed by atoms with E-state index in [1.165, 1.54) is 12.1 Å². The van der Waals surface area contributed by atoms with Gasteiger partial charge in [-0.15, -0.1) is 0 Å². The Bertz CT molecular complexity index is 1030. The molecule has 2 fully saturated rings. The summed E-state index contributed by atoms with van der Waals surface area (Å²) in [4.78, 5) is 24.8. The molecule has 2 aromatic carbocycles. The maximum absolute atomic E-state index is 12.8. The zero-order chi connectivity index (χ0) is 22.2. The van der Waals surface area contributed by atoms with Crippen molar-refractivity contribution < 1.29 is 27.5 Å². The Morgan fingerprint density at radius 1 is 1.16 bits per heavy atom. The molecule has 0 bridgehead atoms. The summed E-state index contributed by atoms with van der Waals surface area (Å²) in [7, 11) is 0. The van der Waals surface area contributed by atoms with Crippen molar-refractivity contribution in [3.63, 3.8) is 0 Å². The number of cyclic esters (lactones) is 1. The Kier molecular flexibility index (Phi) is 5.37. The number of amides is 1. The molecule has 2 aliphatic rings. The molecule has 0 aromatic heterocycles. The van der Waals surface area contributed by atoms with Crippen molar-refractivity contribution in [3.8, 4) is 0 Å². The number of rotatable bonds is 5. The van der Waals surface area contributed by atoms with Crippen LogP contribution >= 0.6 is 0 Å². The summed E-state index contributed by atoms with van der Waals surface area (Å²) in [5.74, 6) is -0.420. The minimum atomic E-state index is -4.42. The maximum Gasteiger partial charge on any atom is 0.416 e. The number of hydrogen-bond acceptors (Lipinski definition) is 3. The molecule has 0 radical (unpaired) electrons. The van der Waals surface area contributed by atoms with Crippen LogP contribution in [-0.2, 0) is 28.7 Å². The van der Waals surface area contributed by atoms with Crippen LogP contribution < -0.4 is 5.32 Å². The molecule has 31 heavy (non-hydrogen) atoms. The maximum atomic E-state index is 12.8. The first-order chi connectivity index (χ1) is 14.7. The quantitative estimate of drug-likeness (QED) is 0.554. The van der Waals surface area contributed by atoms with Gasteiger partial charge < -0.3 is 10.1 Å². The summed E-state index contributed by atoms with van der Waals surface area (Å²) in [5, 5.41) is 2.64. The molecule has 1 aliphatic heterocycles. The van der Waals surface area contributed by atoms with Crippen LogP contribution in [0.15, 0.2) is 60.7 Å². The third kappa shape index (κ3) is 4.22. The standard InChI is InChI=1S/C24H22F3NO3/c1-15-9-20-14-31-22(30)23(20,11-15)12-16-5-7-18(8-6-16)21(29)28-13-17-3-2-4-19(10-17)24(25,26)27/h2-8,10,20H,1,9,11-14H2,(H,28,29). The van der Waals surface area contributed by atoms with E-state index in [2.05, 4.69) is 11.9 Å². The van der Waals surface area contributed by atoms with Gasteiger partial charge in [-0.2, -0.15) is 13.2 Å². The molecule has 2 unspecified atom stereocenters. The van der Waals surface area contributed by atoms with Gasteiger partial charge in [0.05, 0.1) is 17.6 Å². The SMILES string of the molecule is C=C1CC2COC(=O)C2(Cc2ccc(C(=O)NCc3cccc(C(F)(F)F)c3)cc2)C1. The molecule has 1 aliphatic carbocycles. The van der Waals surface area contributed by atoms with Crippen molar-refractivity contribution >= 4 is 11.9 Å². The Morgan fingerprint density at radius 2 is 1.90 bits per heavy atom. The van der Waals surface area contributed by atoms with E-state index in [0.717, 1.165) is 29.7 Å². The molecule has 2 atom stereocenters. The second-order valence-electron chi connectivity index (χ2n) is 8.34. The van der Waals surface area contributed by atoms with E-state index >= 15 is 0 Å². The van der Waals surface area contributed by atoms with Crippen LogP contribution in [0.3, 0.4) is 0 Å². The lowest BCUT2D eigenvalue weighted by Crippen LogP contribution is -2.31. The molecule has 1 amide bonds. The predicted molar refractivity (Wildman–Crippen MR) is 108 cm³/mol. The topological polar surface area (TPSA) is 55.4 Å². The molecular formula is C24H22F3NO3. The largest absolute Gasteiger partial charge is 0.465 e. The van der Waals surface area contributed by atoms with Crippen molar-refractivity contribution in [2.24, 2.45) is 11.3 Å². The van der Waals surface area contributed by atoms with Gasteiger partial charge in [-0.3, -0.25) is 9.59 Å². The molecule has 4 nitrogen and oxygen atoms in total. The van der Waals surface area contributed by atoms with Gasteiger partial charge in [-0.25, -0.2) is 0 Å². The number of carbonyl (C=O) groups excluding carboxylic acids is 2. The Morgan fingerprint density at radius 3 is 2.61 bits per heavy atom. The van der Waals surface area contributed by atoms with Crippen molar-refractivity contribution in [1.82, 2.24) is 5.32 Å². The summed E-state index contributed by atoms with van der Waals surface area (Å²) in [6.07, 6.45) is -2.48. The number of esters is 1. The van der Waals surface area contributed by atoms with E-state index in [4.69, 9.17) is 4.74 Å². The number of hydrogen-bond donors (Lipinski definition) is 1. The average Bonchev–Trinajstić information content (AvgIpc) is 3.20. The molecule has 7 heteroatoms. The highest BCUT2D eigenvalue weighted by molar-refractivity contribution is 5.94. The molecule has 1 N–H and O–H groups in total. The summed E-state index contributed by atoms with van der Waals surface area (Å²) in [6.45, 7) is 4.45. The predicted octanol–water partition coefficient (Wildman–Crippen LogP) is 4.69. The first-order valence-electron chi connectivity index (χ1n) is 10.0. The summed E-state index contributed by atoms with van der Waals surface area (Å²) < 4.78 is 43.8. The fraction of sp³-hybridized carbons (Fsp3) is 0.333. The van der Waals surface area contributed by atoms with Crippen LogP contribution in [-0.4, -0.2) is 18.5 Å². The fourth-order valence-electron chi connectivity index (χ4n) is 4.54. The van der Waals surface area contributed by atoms with E-state index in [1.807, 2.05) is 0 Å². The van der Waals surface area contributed by atoms with Crippen molar-refractivity contribution in [2.45, 2.75) is 32.0 Å². The Hall–Kier alpha value is -3.09. The van der Waals surface area contributed by atoms with Crippen molar-refractivity contribution in [1.29, 1.82) is 0 Å². The lowest BCUT2D eigenvalue weighted by atomic mass is 9.75. The first kappa shape index (κ1) is 21.2. The van der Waals surface area contributed by atoms with E-state index in [9.17, 15) is 22.8 Å². The van der Waals surface area contributed by atoms with E-state index in [1.54, 1.807) is 24.3 Å². The number of benzene rings is 2. The highest BCUT2D eigenvalue weighted by atomic mass is 19.4. The zero-order valence-electron chi connectivity index (χ0n) is 16.8. The van der Waals surface area contributed by atoms with E-state index in [0.29, 0.717) is 30.6 Å².